The molecule has 0 fully saturated rings. The maximum atomic E-state index is 12.2. The van der Waals surface area contributed by atoms with Gasteiger partial charge in [0.2, 0.25) is 22.7 Å². The van der Waals surface area contributed by atoms with Crippen molar-refractivity contribution in [2.75, 3.05) is 37.1 Å². The van der Waals surface area contributed by atoms with Crippen LogP contribution in [0.3, 0.4) is 0 Å². The third kappa shape index (κ3) is 5.93. The van der Waals surface area contributed by atoms with Gasteiger partial charge in [-0.2, -0.15) is 0 Å². The van der Waals surface area contributed by atoms with Crippen LogP contribution in [0.5, 0.6) is 17.2 Å². The molecule has 1 N–H and O–H groups in total. The van der Waals surface area contributed by atoms with Crippen LogP contribution in [0.4, 0.5) is 5.69 Å². The lowest BCUT2D eigenvalue weighted by molar-refractivity contribution is -0.121. The molecule has 0 atom stereocenters. The number of hydrogen-bond acceptors (Lipinski definition) is 6. The van der Waals surface area contributed by atoms with Crippen molar-refractivity contribution in [2.24, 2.45) is 0 Å². The average Bonchev–Trinajstić information content (AvgIpc) is 3.16. The number of hydrogen-bond donors (Lipinski definition) is 1. The summed E-state index contributed by atoms with van der Waals surface area (Å²) in [6.45, 7) is 0.879. The Kier molecular flexibility index (Phi) is 7.28. The molecular formula is C20H23ClN2O6S. The second kappa shape index (κ2) is 9.90. The van der Waals surface area contributed by atoms with Gasteiger partial charge in [0.15, 0.2) is 11.5 Å². The van der Waals surface area contributed by atoms with Crippen LogP contribution in [0.1, 0.15) is 12.8 Å². The second-order valence-corrected chi connectivity index (χ2v) is 8.92. The number of nitrogens with zero attached hydrogens (tertiary/aromatic N) is 1. The largest absolute Gasteiger partial charge is 0.490 e. The fourth-order valence-electron chi connectivity index (χ4n) is 2.91. The van der Waals surface area contributed by atoms with E-state index in [1.807, 2.05) is 6.07 Å². The van der Waals surface area contributed by atoms with E-state index in [2.05, 4.69) is 5.32 Å². The minimum Gasteiger partial charge on any atom is -0.490 e. The molecule has 1 aliphatic heterocycles. The lowest BCUT2D eigenvalue weighted by Crippen LogP contribution is -2.32. The molecule has 0 spiro atoms. The molecule has 0 saturated heterocycles. The first-order valence-corrected chi connectivity index (χ1v) is 11.6. The van der Waals surface area contributed by atoms with Gasteiger partial charge in [0.1, 0.15) is 12.4 Å². The molecule has 0 aromatic heterocycles. The number of sulfonamides is 1. The van der Waals surface area contributed by atoms with Crippen molar-refractivity contribution in [3.8, 4) is 17.2 Å². The van der Waals surface area contributed by atoms with Crippen LogP contribution in [-0.4, -0.2) is 47.1 Å². The number of ether oxygens (including phenoxy) is 3. The quantitative estimate of drug-likeness (QED) is 0.555. The Morgan fingerprint density at radius 3 is 2.73 bits per heavy atom. The molecule has 0 saturated carbocycles. The molecule has 10 heteroatoms. The number of nitrogens with one attached hydrogen (secondary N) is 1. The molecule has 8 nitrogen and oxygen atoms in total. The number of carbonyl (C=O) groups excluding carboxylic acids is 1. The van der Waals surface area contributed by atoms with Crippen molar-refractivity contribution in [2.45, 2.75) is 12.8 Å². The van der Waals surface area contributed by atoms with E-state index in [1.165, 1.54) is 4.31 Å². The Morgan fingerprint density at radius 1 is 1.20 bits per heavy atom. The van der Waals surface area contributed by atoms with Crippen molar-refractivity contribution in [3.63, 3.8) is 0 Å². The van der Waals surface area contributed by atoms with Gasteiger partial charge in [0.25, 0.3) is 0 Å². The van der Waals surface area contributed by atoms with Gasteiger partial charge in [-0.15, -0.1) is 0 Å². The van der Waals surface area contributed by atoms with Crippen LogP contribution in [0, 0.1) is 0 Å². The molecule has 0 aliphatic carbocycles. The Hall–Kier alpha value is -2.65. The first-order chi connectivity index (χ1) is 14.3. The number of anilines is 1. The summed E-state index contributed by atoms with van der Waals surface area (Å²) in [6.07, 6.45) is 1.67. The fourth-order valence-corrected chi connectivity index (χ4v) is 4.06. The summed E-state index contributed by atoms with van der Waals surface area (Å²) in [5.74, 6) is 1.45. The summed E-state index contributed by atoms with van der Waals surface area (Å²) in [5, 5.41) is 3.25. The predicted octanol–water partition coefficient (Wildman–Crippen LogP) is 2.81. The van der Waals surface area contributed by atoms with Crippen LogP contribution in [0.15, 0.2) is 42.5 Å². The van der Waals surface area contributed by atoms with Gasteiger partial charge in [-0.3, -0.25) is 9.10 Å². The zero-order valence-corrected chi connectivity index (χ0v) is 18.0. The van der Waals surface area contributed by atoms with E-state index in [1.54, 1.807) is 36.4 Å². The summed E-state index contributed by atoms with van der Waals surface area (Å²) in [6, 6.07) is 12.0. The lowest BCUT2D eigenvalue weighted by Gasteiger charge is -2.22. The van der Waals surface area contributed by atoms with Gasteiger partial charge in [-0.25, -0.2) is 8.42 Å². The summed E-state index contributed by atoms with van der Waals surface area (Å²) < 4.78 is 41.7. The van der Waals surface area contributed by atoms with E-state index >= 15 is 0 Å². The highest BCUT2D eigenvalue weighted by molar-refractivity contribution is 7.92. The van der Waals surface area contributed by atoms with Crippen molar-refractivity contribution >= 4 is 33.2 Å². The lowest BCUT2D eigenvalue weighted by atomic mass is 10.2. The highest BCUT2D eigenvalue weighted by atomic mass is 35.5. The van der Waals surface area contributed by atoms with Crippen molar-refractivity contribution in [3.05, 3.63) is 47.5 Å². The van der Waals surface area contributed by atoms with Crippen LogP contribution in [0.2, 0.25) is 5.02 Å². The van der Waals surface area contributed by atoms with Crippen LogP contribution in [-0.2, 0) is 14.8 Å². The topological polar surface area (TPSA) is 94.2 Å². The molecule has 2 aromatic rings. The monoisotopic (exact) mass is 454 g/mol. The van der Waals surface area contributed by atoms with Gasteiger partial charge in [-0.05, 0) is 30.7 Å². The molecule has 1 aliphatic rings. The van der Waals surface area contributed by atoms with Gasteiger partial charge < -0.3 is 19.5 Å². The molecule has 0 radical (unpaired) electrons. The summed E-state index contributed by atoms with van der Waals surface area (Å²) in [5.41, 5.74) is 0.468. The predicted molar refractivity (Wildman–Crippen MR) is 114 cm³/mol. The molecule has 3 rings (SSSR count). The van der Waals surface area contributed by atoms with Gasteiger partial charge in [-0.1, -0.05) is 23.7 Å². The van der Waals surface area contributed by atoms with E-state index in [-0.39, 0.29) is 32.3 Å². The molecule has 162 valence electrons. The van der Waals surface area contributed by atoms with Crippen LogP contribution >= 0.6 is 11.6 Å². The molecule has 0 unspecified atom stereocenters. The smallest absolute Gasteiger partial charge is 0.232 e. The van der Waals surface area contributed by atoms with Gasteiger partial charge in [0, 0.05) is 19.0 Å². The van der Waals surface area contributed by atoms with E-state index in [9.17, 15) is 13.2 Å². The number of benzene rings is 2. The van der Waals surface area contributed by atoms with Crippen molar-refractivity contribution < 1.29 is 27.4 Å². The SMILES string of the molecule is CS(=O)(=O)N(CCCC(=O)NCCOc1ccccc1Cl)c1ccc2c(c1)OCO2. The third-order valence-electron chi connectivity index (χ3n) is 4.33. The van der Waals surface area contributed by atoms with Crippen molar-refractivity contribution in [1.29, 1.82) is 0 Å². The molecule has 30 heavy (non-hydrogen) atoms. The van der Waals surface area contributed by atoms with Crippen LogP contribution < -0.4 is 23.8 Å². The zero-order valence-electron chi connectivity index (χ0n) is 16.5. The fraction of sp³-hybridized carbons (Fsp3) is 0.350. The van der Waals surface area contributed by atoms with E-state index < -0.39 is 10.0 Å². The number of rotatable bonds is 10. The minimum atomic E-state index is -3.52. The Labute approximate surface area is 180 Å². The maximum absolute atomic E-state index is 12.2. The number of para-hydroxylation sites is 1. The molecule has 2 aromatic carbocycles. The number of fused-ring (bicyclic) bond motifs is 1. The first kappa shape index (κ1) is 22.0. The number of carbonyl (C=O) groups is 1. The normalized spacial score (nSPS) is 12.5. The van der Waals surface area contributed by atoms with E-state index in [0.29, 0.717) is 40.9 Å². The summed E-state index contributed by atoms with van der Waals surface area (Å²) in [7, 11) is -3.52. The molecule has 1 heterocycles. The van der Waals surface area contributed by atoms with Crippen LogP contribution in [0.25, 0.3) is 0 Å². The third-order valence-corrected chi connectivity index (χ3v) is 5.83. The zero-order chi connectivity index (χ0) is 21.6. The second-order valence-electron chi connectivity index (χ2n) is 6.61. The van der Waals surface area contributed by atoms with E-state index in [4.69, 9.17) is 25.8 Å². The van der Waals surface area contributed by atoms with Crippen molar-refractivity contribution in [1.82, 2.24) is 5.32 Å². The number of amides is 1. The summed E-state index contributed by atoms with van der Waals surface area (Å²) in [4.78, 5) is 12.0. The maximum Gasteiger partial charge on any atom is 0.232 e. The average molecular weight is 455 g/mol. The number of halogens is 1. The summed E-state index contributed by atoms with van der Waals surface area (Å²) >= 11 is 6.00. The molecule has 0 bridgehead atoms. The first-order valence-electron chi connectivity index (χ1n) is 9.36. The highest BCUT2D eigenvalue weighted by Crippen LogP contribution is 2.36. The Balaban J connectivity index is 1.45. The van der Waals surface area contributed by atoms with Gasteiger partial charge in [0.05, 0.1) is 23.5 Å². The van der Waals surface area contributed by atoms with E-state index in [0.717, 1.165) is 6.26 Å². The standard InChI is InChI=1S/C20H23ClN2O6S/c1-30(25,26)23(15-8-9-18-19(13-15)29-14-28-18)11-4-7-20(24)22-10-12-27-17-6-3-2-5-16(17)21/h2-3,5-6,8-9,13H,4,7,10-12,14H2,1H3,(H,22,24). The Bertz CT molecular complexity index is 999. The Morgan fingerprint density at radius 2 is 1.97 bits per heavy atom. The van der Waals surface area contributed by atoms with Gasteiger partial charge >= 0.3 is 0 Å². The highest BCUT2D eigenvalue weighted by Gasteiger charge is 2.21. The molecule has 1 amide bonds. The minimum absolute atomic E-state index is 0.109. The molecular weight excluding hydrogens is 432 g/mol.